The van der Waals surface area contributed by atoms with Gasteiger partial charge in [0.05, 0.1) is 4.90 Å². The van der Waals surface area contributed by atoms with E-state index in [1.54, 1.807) is 17.8 Å². The van der Waals surface area contributed by atoms with E-state index in [0.717, 1.165) is 43.1 Å². The van der Waals surface area contributed by atoms with Gasteiger partial charge in [-0.2, -0.15) is 0 Å². The summed E-state index contributed by atoms with van der Waals surface area (Å²) >= 11 is 7.94. The fourth-order valence-electron chi connectivity index (χ4n) is 3.62. The van der Waals surface area contributed by atoms with Crippen molar-refractivity contribution in [1.82, 2.24) is 9.80 Å². The zero-order chi connectivity index (χ0) is 16.7. The maximum atomic E-state index is 10.5. The second-order valence-corrected chi connectivity index (χ2v) is 8.10. The Balaban J connectivity index is 1.80. The molecule has 3 nitrogen and oxygen atoms in total. The smallest absolute Gasteiger partial charge is 0.131 e. The van der Waals surface area contributed by atoms with Crippen LogP contribution in [-0.2, 0) is 6.42 Å². The van der Waals surface area contributed by atoms with Crippen molar-refractivity contribution in [2.75, 3.05) is 33.2 Å². The van der Waals surface area contributed by atoms with Crippen LogP contribution in [0, 0.1) is 0 Å². The van der Waals surface area contributed by atoms with Crippen LogP contribution in [0.1, 0.15) is 17.2 Å². The average molecular weight is 361 g/mol. The topological polar surface area (TPSA) is 26.7 Å². The molecule has 2 aromatic carbocycles. The number of phenolic OH excluding ortho intramolecular Hbond substituents is 1. The summed E-state index contributed by atoms with van der Waals surface area (Å²) in [6, 6.07) is 12.5. The van der Waals surface area contributed by atoms with Gasteiger partial charge in [0.1, 0.15) is 5.75 Å². The van der Waals surface area contributed by atoms with Crippen molar-refractivity contribution in [3.63, 3.8) is 0 Å². The van der Waals surface area contributed by atoms with Gasteiger partial charge in [0.15, 0.2) is 0 Å². The van der Waals surface area contributed by atoms with Crippen LogP contribution in [0.25, 0.3) is 0 Å². The molecule has 2 aliphatic heterocycles. The van der Waals surface area contributed by atoms with E-state index in [1.807, 2.05) is 6.07 Å². The van der Waals surface area contributed by atoms with E-state index in [2.05, 4.69) is 41.1 Å². The molecule has 0 saturated carbocycles. The summed E-state index contributed by atoms with van der Waals surface area (Å²) in [5.41, 5.74) is 2.50. The van der Waals surface area contributed by atoms with E-state index >= 15 is 0 Å². The number of piperazine rings is 1. The maximum absolute atomic E-state index is 10.5. The largest absolute Gasteiger partial charge is 0.507 e. The molecule has 1 atom stereocenters. The monoisotopic (exact) mass is 360 g/mol. The average Bonchev–Trinajstić information content (AvgIpc) is 2.73. The zero-order valence-electron chi connectivity index (χ0n) is 13.7. The highest BCUT2D eigenvalue weighted by molar-refractivity contribution is 7.99. The van der Waals surface area contributed by atoms with Gasteiger partial charge in [0.2, 0.25) is 0 Å². The molecule has 1 unspecified atom stereocenters. The molecule has 0 spiro atoms. The molecule has 2 aliphatic rings. The SMILES string of the molecule is CN1CCN(C2Cc3ccccc3Sc3c(O)cc(Cl)cc32)CC1. The molecule has 0 amide bonds. The van der Waals surface area contributed by atoms with Crippen molar-refractivity contribution in [3.8, 4) is 5.75 Å². The molecule has 4 rings (SSSR count). The minimum atomic E-state index is 0.259. The fourth-order valence-corrected chi connectivity index (χ4v) is 4.96. The molecule has 2 heterocycles. The Kier molecular flexibility index (Phi) is 4.48. The first kappa shape index (κ1) is 16.3. The first-order chi connectivity index (χ1) is 11.6. The number of hydrogen-bond donors (Lipinski definition) is 1. The minimum Gasteiger partial charge on any atom is -0.507 e. The van der Waals surface area contributed by atoms with Gasteiger partial charge >= 0.3 is 0 Å². The molecular formula is C19H21ClN2OS. The Bertz CT molecular complexity index is 759. The molecule has 5 heteroatoms. The number of hydrogen-bond acceptors (Lipinski definition) is 4. The number of rotatable bonds is 1. The van der Waals surface area contributed by atoms with Gasteiger partial charge in [-0.15, -0.1) is 0 Å². The first-order valence-corrected chi connectivity index (χ1v) is 9.52. The highest BCUT2D eigenvalue weighted by Gasteiger charge is 2.30. The lowest BCUT2D eigenvalue weighted by Gasteiger charge is -2.38. The number of fused-ring (bicyclic) bond motifs is 2. The fraction of sp³-hybridized carbons (Fsp3) is 0.368. The van der Waals surface area contributed by atoms with Gasteiger partial charge in [-0.05, 0) is 42.8 Å². The Labute approximate surface area is 152 Å². The van der Waals surface area contributed by atoms with Gasteiger partial charge in [-0.1, -0.05) is 41.6 Å². The van der Waals surface area contributed by atoms with Gasteiger partial charge in [0.25, 0.3) is 0 Å². The third-order valence-corrected chi connectivity index (χ3v) is 6.48. The van der Waals surface area contributed by atoms with E-state index in [9.17, 15) is 5.11 Å². The van der Waals surface area contributed by atoms with Crippen LogP contribution in [0.2, 0.25) is 5.02 Å². The molecule has 0 aliphatic carbocycles. The second-order valence-electron chi connectivity index (χ2n) is 6.61. The zero-order valence-corrected chi connectivity index (χ0v) is 15.3. The molecular weight excluding hydrogens is 340 g/mol. The maximum Gasteiger partial charge on any atom is 0.131 e. The second kappa shape index (κ2) is 6.60. The van der Waals surface area contributed by atoms with Gasteiger partial charge in [-0.25, -0.2) is 0 Å². The summed E-state index contributed by atoms with van der Waals surface area (Å²) in [5.74, 6) is 0.290. The molecule has 1 fully saturated rings. The highest BCUT2D eigenvalue weighted by atomic mass is 35.5. The predicted molar refractivity (Wildman–Crippen MR) is 99.2 cm³/mol. The molecule has 2 aromatic rings. The van der Waals surface area contributed by atoms with Crippen molar-refractivity contribution in [2.45, 2.75) is 22.3 Å². The summed E-state index contributed by atoms with van der Waals surface area (Å²) in [7, 11) is 2.17. The molecule has 0 aromatic heterocycles. The molecule has 1 N–H and O–H groups in total. The third-order valence-electron chi connectivity index (χ3n) is 5.00. The minimum absolute atomic E-state index is 0.259. The van der Waals surface area contributed by atoms with E-state index in [1.165, 1.54) is 10.5 Å². The summed E-state index contributed by atoms with van der Waals surface area (Å²) in [6.07, 6.45) is 0.958. The quantitative estimate of drug-likeness (QED) is 0.830. The van der Waals surface area contributed by atoms with E-state index in [4.69, 9.17) is 11.6 Å². The summed E-state index contributed by atoms with van der Waals surface area (Å²) in [5, 5.41) is 11.1. The van der Waals surface area contributed by atoms with E-state index in [-0.39, 0.29) is 6.04 Å². The molecule has 126 valence electrons. The number of nitrogens with zero attached hydrogens (tertiary/aromatic N) is 2. The first-order valence-electron chi connectivity index (χ1n) is 8.32. The molecule has 0 radical (unpaired) electrons. The van der Waals surface area contributed by atoms with Crippen LogP contribution in [-0.4, -0.2) is 48.1 Å². The Hall–Kier alpha value is -1.20. The number of aromatic hydroxyl groups is 1. The van der Waals surface area contributed by atoms with Crippen molar-refractivity contribution < 1.29 is 5.11 Å². The number of halogens is 1. The van der Waals surface area contributed by atoms with Crippen molar-refractivity contribution >= 4 is 23.4 Å². The van der Waals surface area contributed by atoms with Gasteiger partial charge in [-0.3, -0.25) is 4.90 Å². The van der Waals surface area contributed by atoms with Crippen LogP contribution < -0.4 is 0 Å². The lowest BCUT2D eigenvalue weighted by atomic mass is 9.96. The van der Waals surface area contributed by atoms with E-state index in [0.29, 0.717) is 10.8 Å². The summed E-state index contributed by atoms with van der Waals surface area (Å²) in [4.78, 5) is 7.09. The van der Waals surface area contributed by atoms with Crippen LogP contribution >= 0.6 is 23.4 Å². The van der Waals surface area contributed by atoms with Crippen LogP contribution in [0.15, 0.2) is 46.2 Å². The van der Waals surface area contributed by atoms with Crippen molar-refractivity contribution in [1.29, 1.82) is 0 Å². The number of benzene rings is 2. The normalized spacial score (nSPS) is 21.8. The Morgan fingerprint density at radius 2 is 1.88 bits per heavy atom. The van der Waals surface area contributed by atoms with Crippen LogP contribution in [0.4, 0.5) is 0 Å². The standard InChI is InChI=1S/C19H21ClN2OS/c1-21-6-8-22(9-7-21)16-10-13-4-2-3-5-18(13)24-19-15(16)11-14(20)12-17(19)23/h2-5,11-12,16,23H,6-10H2,1H3. The number of phenols is 1. The van der Waals surface area contributed by atoms with Crippen molar-refractivity contribution in [3.05, 3.63) is 52.5 Å². The molecule has 0 bridgehead atoms. The van der Waals surface area contributed by atoms with Gasteiger partial charge in [0, 0.05) is 42.1 Å². The third kappa shape index (κ3) is 3.04. The lowest BCUT2D eigenvalue weighted by molar-refractivity contribution is 0.109. The van der Waals surface area contributed by atoms with Crippen molar-refractivity contribution in [2.24, 2.45) is 0 Å². The van der Waals surface area contributed by atoms with Gasteiger partial charge < -0.3 is 10.0 Å². The van der Waals surface area contributed by atoms with Crippen LogP contribution in [0.3, 0.4) is 0 Å². The number of likely N-dealkylation sites (N-methyl/N-ethyl adjacent to an activating group) is 1. The van der Waals surface area contributed by atoms with E-state index < -0.39 is 0 Å². The highest BCUT2D eigenvalue weighted by Crippen LogP contribution is 2.47. The Morgan fingerprint density at radius 1 is 1.12 bits per heavy atom. The predicted octanol–water partition coefficient (Wildman–Crippen LogP) is 4.04. The summed E-state index contributed by atoms with van der Waals surface area (Å²) in [6.45, 7) is 4.24. The Morgan fingerprint density at radius 3 is 2.67 bits per heavy atom. The molecule has 24 heavy (non-hydrogen) atoms. The lowest BCUT2D eigenvalue weighted by Crippen LogP contribution is -2.46. The van der Waals surface area contributed by atoms with Crippen LogP contribution in [0.5, 0.6) is 5.75 Å². The summed E-state index contributed by atoms with van der Waals surface area (Å²) < 4.78 is 0. The molecule has 1 saturated heterocycles.